The molecule has 4 nitrogen and oxygen atoms in total. The van der Waals surface area contributed by atoms with E-state index in [1.165, 1.54) is 5.56 Å². The molecule has 0 saturated carbocycles. The Morgan fingerprint density at radius 1 is 1.15 bits per heavy atom. The highest BCUT2D eigenvalue weighted by Crippen LogP contribution is 2.14. The van der Waals surface area contributed by atoms with E-state index in [4.69, 9.17) is 4.42 Å². The molecule has 4 heteroatoms. The molecule has 0 fully saturated rings. The fraction of sp³-hybridized carbons (Fsp3) is 0.312. The molecular weight excluding hydrogens is 252 g/mol. The second-order valence-electron chi connectivity index (χ2n) is 4.98. The van der Waals surface area contributed by atoms with E-state index in [0.717, 1.165) is 11.4 Å². The monoisotopic (exact) mass is 272 g/mol. The summed E-state index contributed by atoms with van der Waals surface area (Å²) in [4.78, 5) is 12.1. The van der Waals surface area contributed by atoms with E-state index in [2.05, 4.69) is 10.6 Å². The number of benzene rings is 1. The molecule has 1 aromatic heterocycles. The first-order chi connectivity index (χ1) is 9.56. The van der Waals surface area contributed by atoms with Crippen molar-refractivity contribution in [3.05, 3.63) is 54.0 Å². The normalized spacial score (nSPS) is 13.8. The lowest BCUT2D eigenvalue weighted by molar-refractivity contribution is -0.118. The van der Waals surface area contributed by atoms with Gasteiger partial charge in [0.1, 0.15) is 5.76 Å². The smallest absolute Gasteiger partial charge is 0.241 e. The summed E-state index contributed by atoms with van der Waals surface area (Å²) in [7, 11) is 0. The van der Waals surface area contributed by atoms with Gasteiger partial charge in [0.2, 0.25) is 5.91 Å². The molecule has 0 aliphatic heterocycles. The highest BCUT2D eigenvalue weighted by Gasteiger charge is 2.17. The second kappa shape index (κ2) is 6.39. The number of anilines is 1. The van der Waals surface area contributed by atoms with Gasteiger partial charge in [0, 0.05) is 5.69 Å². The molecule has 1 aromatic carbocycles. The van der Waals surface area contributed by atoms with Crippen molar-refractivity contribution >= 4 is 11.6 Å². The van der Waals surface area contributed by atoms with E-state index >= 15 is 0 Å². The lowest BCUT2D eigenvalue weighted by Gasteiger charge is -2.18. The van der Waals surface area contributed by atoms with Gasteiger partial charge in [-0.2, -0.15) is 0 Å². The summed E-state index contributed by atoms with van der Waals surface area (Å²) in [5.41, 5.74) is 1.97. The van der Waals surface area contributed by atoms with Gasteiger partial charge in [0.15, 0.2) is 0 Å². The van der Waals surface area contributed by atoms with Crippen molar-refractivity contribution < 1.29 is 9.21 Å². The molecular formula is C16H20N2O2. The Morgan fingerprint density at radius 2 is 1.85 bits per heavy atom. The van der Waals surface area contributed by atoms with E-state index in [9.17, 15) is 4.79 Å². The maximum atomic E-state index is 12.1. The van der Waals surface area contributed by atoms with E-state index in [-0.39, 0.29) is 18.0 Å². The third-order valence-electron chi connectivity index (χ3n) is 3.18. The molecule has 0 bridgehead atoms. The zero-order chi connectivity index (χ0) is 14.5. The number of hydrogen-bond acceptors (Lipinski definition) is 3. The molecule has 1 unspecified atom stereocenters. The summed E-state index contributed by atoms with van der Waals surface area (Å²) >= 11 is 0. The standard InChI is InChI=1S/C16H20N2O2/c1-11-6-8-14(9-7-11)18-16(19)13(3)17-12(2)15-5-4-10-20-15/h4-10,12-13,17H,1-3H3,(H,18,19)/t12-,13?/m1/s1. The molecule has 0 aliphatic rings. The van der Waals surface area contributed by atoms with Crippen molar-refractivity contribution in [2.45, 2.75) is 32.9 Å². The van der Waals surface area contributed by atoms with Gasteiger partial charge < -0.3 is 9.73 Å². The maximum absolute atomic E-state index is 12.1. The third kappa shape index (κ3) is 3.71. The number of furan rings is 1. The minimum absolute atomic E-state index is 0.0104. The summed E-state index contributed by atoms with van der Waals surface area (Å²) in [5.74, 6) is 0.757. The molecule has 0 radical (unpaired) electrons. The van der Waals surface area contributed by atoms with Gasteiger partial charge in [-0.25, -0.2) is 0 Å². The molecule has 1 amide bonds. The maximum Gasteiger partial charge on any atom is 0.241 e. The van der Waals surface area contributed by atoms with Gasteiger partial charge in [-0.15, -0.1) is 0 Å². The Labute approximate surface area is 119 Å². The molecule has 2 N–H and O–H groups in total. The number of amides is 1. The topological polar surface area (TPSA) is 54.3 Å². The lowest BCUT2D eigenvalue weighted by Crippen LogP contribution is -2.39. The van der Waals surface area contributed by atoms with Crippen molar-refractivity contribution in [1.29, 1.82) is 0 Å². The molecule has 2 rings (SSSR count). The van der Waals surface area contributed by atoms with Gasteiger partial charge in [0.05, 0.1) is 18.3 Å². The number of carbonyl (C=O) groups excluding carboxylic acids is 1. The first-order valence-electron chi connectivity index (χ1n) is 6.73. The Bertz CT molecular complexity index is 546. The molecule has 0 saturated heterocycles. The quantitative estimate of drug-likeness (QED) is 0.878. The van der Waals surface area contributed by atoms with Crippen LogP contribution in [0, 0.1) is 6.92 Å². The van der Waals surface area contributed by atoms with Crippen LogP contribution in [0.4, 0.5) is 5.69 Å². The summed E-state index contributed by atoms with van der Waals surface area (Å²) in [6.07, 6.45) is 1.63. The molecule has 20 heavy (non-hydrogen) atoms. The van der Waals surface area contributed by atoms with Crippen molar-refractivity contribution in [2.75, 3.05) is 5.32 Å². The molecule has 0 spiro atoms. The zero-order valence-electron chi connectivity index (χ0n) is 12.0. The number of hydrogen-bond donors (Lipinski definition) is 2. The predicted molar refractivity (Wildman–Crippen MR) is 79.5 cm³/mol. The van der Waals surface area contributed by atoms with Gasteiger partial charge in [-0.05, 0) is 45.0 Å². The highest BCUT2D eigenvalue weighted by atomic mass is 16.3. The van der Waals surface area contributed by atoms with Crippen LogP contribution in [0.1, 0.15) is 31.2 Å². The van der Waals surface area contributed by atoms with Crippen LogP contribution >= 0.6 is 0 Å². The fourth-order valence-corrected chi connectivity index (χ4v) is 1.96. The second-order valence-corrected chi connectivity index (χ2v) is 4.98. The van der Waals surface area contributed by atoms with E-state index < -0.39 is 0 Å². The highest BCUT2D eigenvalue weighted by molar-refractivity contribution is 5.94. The molecule has 2 aromatic rings. The average Bonchev–Trinajstić information content (AvgIpc) is 2.95. The Kier molecular flexibility index (Phi) is 4.58. The van der Waals surface area contributed by atoms with Crippen LogP contribution in [0.2, 0.25) is 0 Å². The van der Waals surface area contributed by atoms with Gasteiger partial charge in [-0.1, -0.05) is 17.7 Å². The van der Waals surface area contributed by atoms with Crippen LogP contribution in [0.25, 0.3) is 0 Å². The van der Waals surface area contributed by atoms with Crippen molar-refractivity contribution in [3.8, 4) is 0 Å². The fourth-order valence-electron chi connectivity index (χ4n) is 1.96. The van der Waals surface area contributed by atoms with Crippen LogP contribution < -0.4 is 10.6 Å². The van der Waals surface area contributed by atoms with Gasteiger partial charge >= 0.3 is 0 Å². The zero-order valence-corrected chi connectivity index (χ0v) is 12.0. The van der Waals surface area contributed by atoms with Crippen LogP contribution in [-0.4, -0.2) is 11.9 Å². The van der Waals surface area contributed by atoms with E-state index in [1.54, 1.807) is 6.26 Å². The van der Waals surface area contributed by atoms with Crippen LogP contribution in [0.5, 0.6) is 0 Å². The first kappa shape index (κ1) is 14.3. The lowest BCUT2D eigenvalue weighted by atomic mass is 10.2. The van der Waals surface area contributed by atoms with Gasteiger partial charge in [0.25, 0.3) is 0 Å². The molecule has 106 valence electrons. The number of rotatable bonds is 5. The number of aryl methyl sites for hydroxylation is 1. The Morgan fingerprint density at radius 3 is 2.45 bits per heavy atom. The SMILES string of the molecule is Cc1ccc(NC(=O)C(C)N[C@H](C)c2ccco2)cc1. The molecule has 2 atom stereocenters. The van der Waals surface area contributed by atoms with Crippen LogP contribution in [0.3, 0.4) is 0 Å². The van der Waals surface area contributed by atoms with Crippen molar-refractivity contribution in [1.82, 2.24) is 5.32 Å². The van der Waals surface area contributed by atoms with E-state index in [1.807, 2.05) is 57.2 Å². The summed E-state index contributed by atoms with van der Waals surface area (Å²) < 4.78 is 5.31. The number of nitrogens with one attached hydrogen (secondary N) is 2. The molecule has 0 aliphatic carbocycles. The minimum Gasteiger partial charge on any atom is -0.468 e. The van der Waals surface area contributed by atoms with Gasteiger partial charge in [-0.3, -0.25) is 10.1 Å². The Balaban J connectivity index is 1.90. The van der Waals surface area contributed by atoms with Crippen molar-refractivity contribution in [2.24, 2.45) is 0 Å². The minimum atomic E-state index is -0.309. The van der Waals surface area contributed by atoms with Crippen LogP contribution in [0.15, 0.2) is 47.1 Å². The summed E-state index contributed by atoms with van der Waals surface area (Å²) in [6.45, 7) is 5.82. The first-order valence-corrected chi connectivity index (χ1v) is 6.73. The predicted octanol–water partition coefficient (Wildman–Crippen LogP) is 3.27. The third-order valence-corrected chi connectivity index (χ3v) is 3.18. The largest absolute Gasteiger partial charge is 0.468 e. The number of carbonyl (C=O) groups is 1. The average molecular weight is 272 g/mol. The van der Waals surface area contributed by atoms with Crippen molar-refractivity contribution in [3.63, 3.8) is 0 Å². The molecule has 1 heterocycles. The summed E-state index contributed by atoms with van der Waals surface area (Å²) in [6, 6.07) is 11.1. The summed E-state index contributed by atoms with van der Waals surface area (Å²) in [5, 5.41) is 6.10. The van der Waals surface area contributed by atoms with E-state index in [0.29, 0.717) is 0 Å². The van der Waals surface area contributed by atoms with Crippen LogP contribution in [-0.2, 0) is 4.79 Å². The Hall–Kier alpha value is -2.07.